The Bertz CT molecular complexity index is 863. The average Bonchev–Trinajstić information content (AvgIpc) is 3.24. The van der Waals surface area contributed by atoms with E-state index in [0.717, 1.165) is 25.7 Å². The first-order valence-electron chi connectivity index (χ1n) is 8.44. The number of hydrogen-bond donors (Lipinski definition) is 0. The van der Waals surface area contributed by atoms with Gasteiger partial charge in [0.25, 0.3) is 11.5 Å². The number of hydrogen-bond acceptors (Lipinski definition) is 6. The molecule has 7 nitrogen and oxygen atoms in total. The molecular formula is C17H21N3O4S. The number of likely N-dealkylation sites (tertiary alicyclic amines) is 1. The zero-order valence-corrected chi connectivity index (χ0v) is 15.1. The number of aromatic nitrogens is 2. The molecule has 0 unspecified atom stereocenters. The second-order valence-electron chi connectivity index (χ2n) is 6.70. The van der Waals surface area contributed by atoms with E-state index < -0.39 is 0 Å². The van der Waals surface area contributed by atoms with Gasteiger partial charge in [0.1, 0.15) is 5.69 Å². The van der Waals surface area contributed by atoms with Crippen LogP contribution in [0.25, 0.3) is 4.96 Å². The van der Waals surface area contributed by atoms with Crippen LogP contribution >= 0.6 is 11.3 Å². The van der Waals surface area contributed by atoms with Crippen molar-refractivity contribution in [2.75, 3.05) is 20.8 Å². The third-order valence-electron chi connectivity index (χ3n) is 5.67. The number of thiazole rings is 1. The summed E-state index contributed by atoms with van der Waals surface area (Å²) in [5, 5.41) is 1.82. The molecule has 2 aromatic rings. The third kappa shape index (κ3) is 2.59. The molecule has 0 N–H and O–H groups in total. The Balaban J connectivity index is 1.72. The van der Waals surface area contributed by atoms with Crippen LogP contribution in [0.15, 0.2) is 22.4 Å². The molecule has 0 aromatic carbocycles. The first-order chi connectivity index (χ1) is 12.1. The van der Waals surface area contributed by atoms with Crippen LogP contribution in [-0.2, 0) is 9.47 Å². The van der Waals surface area contributed by atoms with Crippen molar-refractivity contribution < 1.29 is 14.3 Å². The summed E-state index contributed by atoms with van der Waals surface area (Å²) >= 11 is 1.34. The molecule has 134 valence electrons. The van der Waals surface area contributed by atoms with Gasteiger partial charge >= 0.3 is 0 Å². The Morgan fingerprint density at radius 2 is 2.24 bits per heavy atom. The van der Waals surface area contributed by atoms with Crippen LogP contribution in [0.1, 0.15) is 36.2 Å². The smallest absolute Gasteiger partial charge is 0.274 e. The Kier molecular flexibility index (Phi) is 4.13. The van der Waals surface area contributed by atoms with Crippen molar-refractivity contribution in [3.63, 3.8) is 0 Å². The summed E-state index contributed by atoms with van der Waals surface area (Å²) in [4.78, 5) is 31.5. The molecule has 1 aliphatic carbocycles. The van der Waals surface area contributed by atoms with Gasteiger partial charge in [-0.05, 0) is 25.7 Å². The number of methoxy groups -OCH3 is 2. The predicted octanol–water partition coefficient (Wildman–Crippen LogP) is 1.55. The van der Waals surface area contributed by atoms with E-state index in [1.165, 1.54) is 17.4 Å². The molecule has 1 saturated carbocycles. The molecule has 0 spiro atoms. The summed E-state index contributed by atoms with van der Waals surface area (Å²) < 4.78 is 13.1. The second-order valence-corrected chi connectivity index (χ2v) is 7.57. The van der Waals surface area contributed by atoms with E-state index in [2.05, 4.69) is 4.98 Å². The normalized spacial score (nSPS) is 29.1. The summed E-state index contributed by atoms with van der Waals surface area (Å²) in [7, 11) is 3.44. The molecule has 3 atom stereocenters. The standard InChI is InChI=1S/C17H21N3O4S/c1-23-11-3-4-17(24-2)5-6-20(13(17)9-11)15(22)12-10-14(21)18-16-19(12)7-8-25-16/h7-8,10-11,13H,3-6,9H2,1-2H3/t11-,13+,17-/m1/s1. The van der Waals surface area contributed by atoms with Crippen molar-refractivity contribution in [2.24, 2.45) is 0 Å². The van der Waals surface area contributed by atoms with E-state index in [0.29, 0.717) is 17.2 Å². The van der Waals surface area contributed by atoms with Crippen LogP contribution in [0, 0.1) is 0 Å². The molecule has 0 bridgehead atoms. The molecule has 4 rings (SSSR count). The molecule has 0 radical (unpaired) electrons. The van der Waals surface area contributed by atoms with Crippen molar-refractivity contribution in [1.82, 2.24) is 14.3 Å². The van der Waals surface area contributed by atoms with E-state index in [-0.39, 0.29) is 29.2 Å². The number of ether oxygens (including phenoxy) is 2. The van der Waals surface area contributed by atoms with Gasteiger partial charge in [0, 0.05) is 38.4 Å². The molecule has 25 heavy (non-hydrogen) atoms. The zero-order chi connectivity index (χ0) is 17.6. The SMILES string of the molecule is CO[C@@H]1CC[C@@]2(OC)CCN(C(=O)c3cc(=O)nc4sccn34)[C@H]2C1. The topological polar surface area (TPSA) is 73.1 Å². The van der Waals surface area contributed by atoms with E-state index >= 15 is 0 Å². The lowest BCUT2D eigenvalue weighted by Crippen LogP contribution is -2.53. The van der Waals surface area contributed by atoms with Crippen LogP contribution in [-0.4, -0.2) is 58.7 Å². The van der Waals surface area contributed by atoms with Crippen molar-refractivity contribution >= 4 is 22.2 Å². The Hall–Kier alpha value is -1.77. The van der Waals surface area contributed by atoms with Gasteiger partial charge in [0.05, 0.1) is 17.7 Å². The molecule has 1 amide bonds. The summed E-state index contributed by atoms with van der Waals surface area (Å²) in [5.74, 6) is -0.145. The van der Waals surface area contributed by atoms with Crippen molar-refractivity contribution in [3.8, 4) is 0 Å². The van der Waals surface area contributed by atoms with Crippen LogP contribution in [0.2, 0.25) is 0 Å². The monoisotopic (exact) mass is 363 g/mol. The first-order valence-corrected chi connectivity index (χ1v) is 9.32. The maximum atomic E-state index is 13.3. The van der Waals surface area contributed by atoms with Gasteiger partial charge in [-0.25, -0.2) is 0 Å². The highest BCUT2D eigenvalue weighted by atomic mass is 32.1. The fourth-order valence-electron chi connectivity index (χ4n) is 4.28. The highest BCUT2D eigenvalue weighted by Gasteiger charge is 2.52. The summed E-state index contributed by atoms with van der Waals surface area (Å²) in [6, 6.07) is 1.28. The van der Waals surface area contributed by atoms with E-state index in [1.54, 1.807) is 24.8 Å². The molecule has 1 saturated heterocycles. The largest absolute Gasteiger partial charge is 0.381 e. The number of carbonyl (C=O) groups is 1. The minimum Gasteiger partial charge on any atom is -0.381 e. The fraction of sp³-hybridized carbons (Fsp3) is 0.588. The molecule has 2 fully saturated rings. The van der Waals surface area contributed by atoms with Gasteiger partial charge < -0.3 is 14.4 Å². The maximum Gasteiger partial charge on any atom is 0.274 e. The lowest BCUT2D eigenvalue weighted by Gasteiger charge is -2.43. The number of nitrogens with zero attached hydrogens (tertiary/aromatic N) is 3. The van der Waals surface area contributed by atoms with E-state index in [1.807, 2.05) is 10.3 Å². The lowest BCUT2D eigenvalue weighted by atomic mass is 9.79. The number of rotatable bonds is 3. The van der Waals surface area contributed by atoms with Crippen LogP contribution in [0.5, 0.6) is 0 Å². The predicted molar refractivity (Wildman–Crippen MR) is 93.2 cm³/mol. The molecule has 2 aromatic heterocycles. The van der Waals surface area contributed by atoms with Gasteiger partial charge in [-0.15, -0.1) is 11.3 Å². The maximum absolute atomic E-state index is 13.3. The van der Waals surface area contributed by atoms with Crippen molar-refractivity contribution in [2.45, 2.75) is 43.4 Å². The van der Waals surface area contributed by atoms with Crippen LogP contribution in [0.3, 0.4) is 0 Å². The highest BCUT2D eigenvalue weighted by Crippen LogP contribution is 2.43. The summed E-state index contributed by atoms with van der Waals surface area (Å²) in [5.41, 5.74) is -0.333. The number of fused-ring (bicyclic) bond motifs is 2. The molecule has 2 aliphatic rings. The molecule has 1 aliphatic heterocycles. The zero-order valence-electron chi connectivity index (χ0n) is 14.3. The highest BCUT2D eigenvalue weighted by molar-refractivity contribution is 7.15. The minimum atomic E-state index is -0.388. The third-order valence-corrected chi connectivity index (χ3v) is 6.43. The quantitative estimate of drug-likeness (QED) is 0.827. The van der Waals surface area contributed by atoms with Crippen molar-refractivity contribution in [1.29, 1.82) is 0 Å². The van der Waals surface area contributed by atoms with E-state index in [4.69, 9.17) is 9.47 Å². The lowest BCUT2D eigenvalue weighted by molar-refractivity contribution is -0.0894. The molecule has 8 heteroatoms. The number of amides is 1. The van der Waals surface area contributed by atoms with Gasteiger partial charge in [0.2, 0.25) is 0 Å². The minimum absolute atomic E-state index is 0.0405. The van der Waals surface area contributed by atoms with Crippen LogP contribution in [0.4, 0.5) is 0 Å². The second kappa shape index (κ2) is 6.19. The average molecular weight is 363 g/mol. The summed E-state index contributed by atoms with van der Waals surface area (Å²) in [6.45, 7) is 0.622. The van der Waals surface area contributed by atoms with E-state index in [9.17, 15) is 9.59 Å². The molecular weight excluding hydrogens is 342 g/mol. The van der Waals surface area contributed by atoms with Crippen LogP contribution < -0.4 is 5.56 Å². The van der Waals surface area contributed by atoms with Gasteiger partial charge in [-0.2, -0.15) is 4.98 Å². The Labute approximate surface area is 149 Å². The Morgan fingerprint density at radius 1 is 1.40 bits per heavy atom. The number of carbonyl (C=O) groups excluding carboxylic acids is 1. The first kappa shape index (κ1) is 16.7. The molecule has 3 heterocycles. The van der Waals surface area contributed by atoms with Gasteiger partial charge in [-0.1, -0.05) is 0 Å². The Morgan fingerprint density at radius 3 is 3.00 bits per heavy atom. The van der Waals surface area contributed by atoms with Gasteiger partial charge in [0.15, 0.2) is 4.96 Å². The van der Waals surface area contributed by atoms with Crippen molar-refractivity contribution in [3.05, 3.63) is 33.7 Å². The van der Waals surface area contributed by atoms with Gasteiger partial charge in [-0.3, -0.25) is 14.0 Å². The summed E-state index contributed by atoms with van der Waals surface area (Å²) in [6.07, 6.45) is 5.28. The fourth-order valence-corrected chi connectivity index (χ4v) is 5.00.